The van der Waals surface area contributed by atoms with Crippen molar-refractivity contribution in [1.29, 1.82) is 0 Å². The summed E-state index contributed by atoms with van der Waals surface area (Å²) in [5.41, 5.74) is -5.93. The highest BCUT2D eigenvalue weighted by atomic mass is 16.6. The van der Waals surface area contributed by atoms with Gasteiger partial charge in [0.15, 0.2) is 34.7 Å². The summed E-state index contributed by atoms with van der Waals surface area (Å²) in [6.07, 6.45) is -2.64. The van der Waals surface area contributed by atoms with Gasteiger partial charge >= 0.3 is 11.6 Å². The third kappa shape index (κ3) is 6.27. The summed E-state index contributed by atoms with van der Waals surface area (Å²) >= 11 is 0. The number of nitrogens with one attached hydrogen (secondary N) is 2. The molecule has 0 spiro atoms. The Morgan fingerprint density at radius 3 is 2.40 bits per heavy atom. The van der Waals surface area contributed by atoms with Crippen molar-refractivity contribution in [3.05, 3.63) is 110 Å². The van der Waals surface area contributed by atoms with Crippen LogP contribution in [-0.2, 0) is 14.3 Å². The molecule has 4 heterocycles. The second-order valence-electron chi connectivity index (χ2n) is 13.9. The highest BCUT2D eigenvalue weighted by molar-refractivity contribution is 6.31. The number of aromatic nitrogens is 1. The number of phenols is 1. The Morgan fingerprint density at radius 1 is 0.965 bits per heavy atom. The summed E-state index contributed by atoms with van der Waals surface area (Å²) in [5, 5.41) is 38.5. The summed E-state index contributed by atoms with van der Waals surface area (Å²) in [4.78, 5) is 99.3. The first-order chi connectivity index (χ1) is 26.9. The van der Waals surface area contributed by atoms with Crippen LogP contribution in [0.25, 0.3) is 11.0 Å². The maximum absolute atomic E-state index is 14.1. The largest absolute Gasteiger partial charge is 0.507 e. The Labute approximate surface area is 321 Å². The van der Waals surface area contributed by atoms with Gasteiger partial charge in [-0.3, -0.25) is 24.0 Å². The number of hydrogen-bond acceptors (Lipinski definition) is 16. The number of methoxy groups -OCH3 is 1. The van der Waals surface area contributed by atoms with Crippen LogP contribution >= 0.6 is 0 Å². The number of fused-ring (bicyclic) bond motifs is 2. The molecule has 4 unspecified atom stereocenters. The molecule has 5 N–H and O–H groups in total. The lowest BCUT2D eigenvalue weighted by Crippen LogP contribution is -2.59. The van der Waals surface area contributed by atoms with Crippen molar-refractivity contribution in [3.8, 4) is 17.2 Å². The lowest BCUT2D eigenvalue weighted by Gasteiger charge is -2.39. The van der Waals surface area contributed by atoms with Gasteiger partial charge < -0.3 is 44.6 Å². The Balaban J connectivity index is 1.22. The number of ether oxygens (including phenoxy) is 3. The number of aliphatic hydroxyl groups excluding tert-OH is 1. The number of aliphatic hydroxyl groups is 1. The van der Waals surface area contributed by atoms with Crippen molar-refractivity contribution in [1.82, 2.24) is 10.3 Å². The van der Waals surface area contributed by atoms with Gasteiger partial charge in [-0.2, -0.15) is 0 Å². The molecule has 0 radical (unpaired) electrons. The lowest BCUT2D eigenvalue weighted by atomic mass is 9.82. The number of allylic oxidation sites excluding steroid dienone is 3. The molecule has 57 heavy (non-hydrogen) atoms. The maximum Gasteiger partial charge on any atom is 0.364 e. The number of rotatable bonds is 5. The van der Waals surface area contributed by atoms with Gasteiger partial charge in [-0.05, 0) is 62.2 Å². The van der Waals surface area contributed by atoms with Crippen LogP contribution in [-0.4, -0.2) is 86.8 Å². The zero-order valence-corrected chi connectivity index (χ0v) is 30.8. The summed E-state index contributed by atoms with van der Waals surface area (Å²) in [7, 11) is 1.40. The second kappa shape index (κ2) is 13.9. The minimum absolute atomic E-state index is 0.0132. The molecule has 0 saturated carbocycles. The zero-order valence-electron chi connectivity index (χ0n) is 30.8. The van der Waals surface area contributed by atoms with Gasteiger partial charge in [-0.1, -0.05) is 19.1 Å². The number of anilines is 1. The molecule has 4 aromatic rings. The molecule has 292 valence electrons. The number of nitrogens with zero attached hydrogens (tertiary/aromatic N) is 1. The number of carbonyl (C=O) groups is 6. The van der Waals surface area contributed by atoms with E-state index in [1.807, 2.05) is 0 Å². The van der Waals surface area contributed by atoms with Crippen LogP contribution in [0.4, 0.5) is 5.69 Å². The quantitative estimate of drug-likeness (QED) is 0.144. The Kier molecular flexibility index (Phi) is 9.28. The molecule has 2 aromatic carbocycles. The molecule has 1 aliphatic carbocycles. The predicted octanol–water partition coefficient (Wildman–Crippen LogP) is 3.07. The number of aromatic hydroxyl groups is 2. The molecule has 3 aliphatic rings. The van der Waals surface area contributed by atoms with Gasteiger partial charge in [0.1, 0.15) is 40.3 Å². The molecule has 17 nitrogen and oxygen atoms in total. The van der Waals surface area contributed by atoms with E-state index in [-0.39, 0.29) is 33.4 Å². The van der Waals surface area contributed by atoms with Gasteiger partial charge in [0.25, 0.3) is 5.91 Å². The van der Waals surface area contributed by atoms with Crippen molar-refractivity contribution < 1.29 is 62.7 Å². The van der Waals surface area contributed by atoms with Crippen molar-refractivity contribution in [2.75, 3.05) is 19.0 Å². The molecule has 0 fully saturated rings. The molecule has 1 amide bonds. The fraction of sp³-hybridized carbons (Fsp3) is 0.250. The molecule has 2 aromatic heterocycles. The number of benzene rings is 2. The van der Waals surface area contributed by atoms with Crippen LogP contribution in [0.5, 0.6) is 17.2 Å². The molecule has 4 atom stereocenters. The summed E-state index contributed by atoms with van der Waals surface area (Å²) in [6.45, 7) is 5.07. The fourth-order valence-electron chi connectivity index (χ4n) is 6.94. The van der Waals surface area contributed by atoms with E-state index in [1.165, 1.54) is 83.3 Å². The summed E-state index contributed by atoms with van der Waals surface area (Å²) in [5.74, 6) is -8.39. The van der Waals surface area contributed by atoms with E-state index in [1.54, 1.807) is 0 Å². The first kappa shape index (κ1) is 38.1. The molecule has 0 saturated heterocycles. The smallest absolute Gasteiger partial charge is 0.364 e. The average molecular weight is 780 g/mol. The van der Waals surface area contributed by atoms with Gasteiger partial charge in [0, 0.05) is 17.5 Å². The number of hydrogen-bond donors (Lipinski definition) is 5. The number of amides is 1. The van der Waals surface area contributed by atoms with Crippen molar-refractivity contribution in [2.45, 2.75) is 45.5 Å². The zero-order chi connectivity index (χ0) is 41.2. The standard InChI is InChI=1S/C40H33N3O14/c1-15-11-17(3)34(33(49)36(50)40(4)14-41-26-31(47)20-12-16(2)29(45)25(28(15)44)24(20)32(48)35(26)57-40)56-38(52)22-8-6-7-21(42-22)37(51)43-27-30(46)19-10-9-18(54-5)13-23(19)55-39(27)53/h6-13,17,33-34,41,45-46,49H,14H2,1-5H3,(H,43,51). The number of phenolic OH excluding ortho intramolecular Hbond substituents is 1. The SMILES string of the molecule is COc1ccc2c(O)c(NC(=O)c3cccc(C(=O)OC4C(C)C=C(C)C(=O)c5c(O)c(C)cc6c5C(=O)C5=C(NCC(C)(O5)C(=O)C4O)C6=O)n3)c(=O)oc2c1. The topological polar surface area (TPSA) is 258 Å². The molecular weight excluding hydrogens is 746 g/mol. The van der Waals surface area contributed by atoms with E-state index in [9.17, 15) is 48.9 Å². The van der Waals surface area contributed by atoms with Crippen molar-refractivity contribution >= 4 is 51.7 Å². The van der Waals surface area contributed by atoms with E-state index in [0.29, 0.717) is 5.75 Å². The highest BCUT2D eigenvalue weighted by Gasteiger charge is 2.51. The summed E-state index contributed by atoms with van der Waals surface area (Å²) in [6, 6.07) is 9.18. The van der Waals surface area contributed by atoms with Gasteiger partial charge in [0.2, 0.25) is 17.3 Å². The average Bonchev–Trinajstić information content (AvgIpc) is 3.19. The Morgan fingerprint density at radius 2 is 1.68 bits per heavy atom. The number of aryl methyl sites for hydroxylation is 1. The van der Waals surface area contributed by atoms with Crippen molar-refractivity contribution in [2.24, 2.45) is 5.92 Å². The van der Waals surface area contributed by atoms with Crippen LogP contribution in [0, 0.1) is 12.8 Å². The Bertz CT molecular complexity index is 2640. The van der Waals surface area contributed by atoms with Crippen LogP contribution in [0.2, 0.25) is 0 Å². The first-order valence-corrected chi connectivity index (χ1v) is 17.4. The van der Waals surface area contributed by atoms with E-state index in [2.05, 4.69) is 15.6 Å². The van der Waals surface area contributed by atoms with E-state index < -0.39 is 116 Å². The predicted molar refractivity (Wildman–Crippen MR) is 196 cm³/mol. The van der Waals surface area contributed by atoms with E-state index >= 15 is 0 Å². The molecule has 2 aliphatic heterocycles. The number of Topliss-reactive ketones (excluding diaryl/α,β-unsaturated/α-hetero) is 4. The van der Waals surface area contributed by atoms with Crippen LogP contribution in [0.3, 0.4) is 0 Å². The third-order valence-corrected chi connectivity index (χ3v) is 10.0. The Hall–Kier alpha value is -7.14. The molecule has 7 rings (SSSR count). The second-order valence-corrected chi connectivity index (χ2v) is 13.9. The third-order valence-electron chi connectivity index (χ3n) is 10.0. The molecular formula is C40H33N3O14. The molecule has 3 bridgehead atoms. The first-order valence-electron chi connectivity index (χ1n) is 17.4. The number of pyridine rings is 1. The summed E-state index contributed by atoms with van der Waals surface area (Å²) < 4.78 is 21.9. The van der Waals surface area contributed by atoms with Crippen LogP contribution in [0.15, 0.2) is 74.8 Å². The molecule has 17 heteroatoms. The normalized spacial score (nSPS) is 21.8. The fourth-order valence-corrected chi connectivity index (χ4v) is 6.94. The van der Waals surface area contributed by atoms with Crippen LogP contribution in [0.1, 0.15) is 78.4 Å². The minimum Gasteiger partial charge on any atom is -0.507 e. The van der Waals surface area contributed by atoms with Gasteiger partial charge in [0.05, 0.1) is 30.2 Å². The monoisotopic (exact) mass is 779 g/mol. The number of ketones is 4. The maximum atomic E-state index is 14.1. The van der Waals surface area contributed by atoms with Crippen LogP contribution < -0.4 is 21.0 Å². The number of carbonyl (C=O) groups excluding carboxylic acids is 6. The van der Waals surface area contributed by atoms with Crippen molar-refractivity contribution in [3.63, 3.8) is 0 Å². The number of esters is 1. The highest BCUT2D eigenvalue weighted by Crippen LogP contribution is 2.40. The van der Waals surface area contributed by atoms with E-state index in [4.69, 9.17) is 18.6 Å². The van der Waals surface area contributed by atoms with E-state index in [0.717, 1.165) is 0 Å². The van der Waals surface area contributed by atoms with Gasteiger partial charge in [-0.25, -0.2) is 14.6 Å². The lowest BCUT2D eigenvalue weighted by molar-refractivity contribution is -0.154. The minimum atomic E-state index is -2.16. The van der Waals surface area contributed by atoms with Gasteiger partial charge in [-0.15, -0.1) is 0 Å².